The molecule has 4 nitrogen and oxygen atoms in total. The Morgan fingerprint density at radius 2 is 2.00 bits per heavy atom. The molecule has 1 aromatic carbocycles. The van der Waals surface area contributed by atoms with E-state index in [0.29, 0.717) is 16.3 Å². The van der Waals surface area contributed by atoms with Gasteiger partial charge in [0.2, 0.25) is 0 Å². The monoisotopic (exact) mass is 360 g/mol. The lowest BCUT2D eigenvalue weighted by Gasteiger charge is -2.08. The molecule has 0 N–H and O–H groups in total. The van der Waals surface area contributed by atoms with Crippen LogP contribution in [0, 0.1) is 11.6 Å². The smallest absolute Gasteiger partial charge is 0.190 e. The van der Waals surface area contributed by atoms with Crippen LogP contribution in [0.15, 0.2) is 23.6 Å². The molecule has 114 valence electrons. The van der Waals surface area contributed by atoms with Crippen LogP contribution in [0.25, 0.3) is 11.2 Å². The number of benzene rings is 1. The van der Waals surface area contributed by atoms with E-state index in [4.69, 9.17) is 23.2 Å². The molecule has 0 aliphatic heterocycles. The molecular weight excluding hydrogens is 353 g/mol. The maximum Gasteiger partial charge on any atom is 0.190 e. The van der Waals surface area contributed by atoms with Crippen molar-refractivity contribution in [2.45, 2.75) is 11.7 Å². The highest BCUT2D eigenvalue weighted by Gasteiger charge is 2.17. The van der Waals surface area contributed by atoms with Gasteiger partial charge in [0, 0.05) is 5.56 Å². The van der Waals surface area contributed by atoms with Crippen molar-refractivity contribution in [2.24, 2.45) is 0 Å². The lowest BCUT2D eigenvalue weighted by atomic mass is 10.2. The van der Waals surface area contributed by atoms with E-state index >= 15 is 0 Å². The minimum absolute atomic E-state index is 0.101. The second kappa shape index (κ2) is 5.98. The number of aromatic nitrogens is 4. The van der Waals surface area contributed by atoms with Gasteiger partial charge in [-0.05, 0) is 18.4 Å². The van der Waals surface area contributed by atoms with Crippen molar-refractivity contribution in [1.82, 2.24) is 19.5 Å². The highest BCUT2D eigenvalue weighted by Crippen LogP contribution is 2.25. The molecule has 0 saturated carbocycles. The van der Waals surface area contributed by atoms with E-state index in [9.17, 15) is 8.78 Å². The first-order chi connectivity index (χ1) is 10.5. The summed E-state index contributed by atoms with van der Waals surface area (Å²) in [5.74, 6) is -1.48. The summed E-state index contributed by atoms with van der Waals surface area (Å²) in [7, 11) is 0. The predicted molar refractivity (Wildman–Crippen MR) is 82.6 cm³/mol. The molecule has 0 aliphatic carbocycles. The third-order valence-corrected chi connectivity index (χ3v) is 4.15. The summed E-state index contributed by atoms with van der Waals surface area (Å²) < 4.78 is 29.4. The standard InChI is InChI=1S/C13H8Cl2F2N4S/c1-22-13-19-11(15)10-12(20-13)21(5-18-10)4-6-8(16)3-2-7(14)9(6)17/h2-3,5H,4H2,1H3. The van der Waals surface area contributed by atoms with Gasteiger partial charge in [-0.1, -0.05) is 35.0 Å². The van der Waals surface area contributed by atoms with Crippen LogP contribution in [-0.2, 0) is 6.54 Å². The number of rotatable bonds is 3. The van der Waals surface area contributed by atoms with E-state index in [2.05, 4.69) is 15.0 Å². The molecule has 0 bridgehead atoms. The van der Waals surface area contributed by atoms with Crippen LogP contribution in [0.3, 0.4) is 0 Å². The van der Waals surface area contributed by atoms with Gasteiger partial charge in [-0.2, -0.15) is 0 Å². The average molecular weight is 361 g/mol. The molecule has 22 heavy (non-hydrogen) atoms. The highest BCUT2D eigenvalue weighted by atomic mass is 35.5. The van der Waals surface area contributed by atoms with Crippen LogP contribution < -0.4 is 0 Å². The Labute approximate surface area is 138 Å². The minimum atomic E-state index is -0.797. The zero-order valence-electron chi connectivity index (χ0n) is 11.1. The first kappa shape index (κ1) is 15.5. The maximum absolute atomic E-state index is 14.0. The van der Waals surface area contributed by atoms with E-state index in [-0.39, 0.29) is 22.3 Å². The fraction of sp³-hybridized carbons (Fsp3) is 0.154. The largest absolute Gasteiger partial charge is 0.310 e. The van der Waals surface area contributed by atoms with Crippen molar-refractivity contribution >= 4 is 46.1 Å². The number of halogens is 4. The quantitative estimate of drug-likeness (QED) is 0.304. The molecule has 0 saturated heterocycles. The Kier molecular flexibility index (Phi) is 4.20. The zero-order valence-corrected chi connectivity index (χ0v) is 13.5. The Balaban J connectivity index is 2.12. The van der Waals surface area contributed by atoms with Crippen molar-refractivity contribution in [2.75, 3.05) is 6.26 Å². The van der Waals surface area contributed by atoms with Crippen LogP contribution in [0.1, 0.15) is 5.56 Å². The summed E-state index contributed by atoms with van der Waals surface area (Å²) in [6.07, 6.45) is 3.21. The molecule has 3 aromatic rings. The minimum Gasteiger partial charge on any atom is -0.310 e. The summed E-state index contributed by atoms with van der Waals surface area (Å²) in [6.45, 7) is -0.101. The molecule has 0 amide bonds. The molecule has 2 aromatic heterocycles. The van der Waals surface area contributed by atoms with E-state index in [0.717, 1.165) is 6.07 Å². The van der Waals surface area contributed by atoms with Gasteiger partial charge in [0.25, 0.3) is 0 Å². The topological polar surface area (TPSA) is 43.6 Å². The number of nitrogens with zero attached hydrogens (tertiary/aromatic N) is 4. The van der Waals surface area contributed by atoms with Gasteiger partial charge in [-0.3, -0.25) is 0 Å². The predicted octanol–water partition coefficient (Wildman–Crippen LogP) is 4.18. The second-order valence-corrected chi connectivity index (χ2v) is 5.91. The molecule has 0 spiro atoms. The van der Waals surface area contributed by atoms with E-state index < -0.39 is 11.6 Å². The molecular formula is C13H8Cl2F2N4S. The Hall–Kier alpha value is -1.44. The van der Waals surface area contributed by atoms with Gasteiger partial charge in [-0.15, -0.1) is 0 Å². The van der Waals surface area contributed by atoms with Gasteiger partial charge in [0.15, 0.2) is 16.0 Å². The SMILES string of the molecule is CSc1nc(Cl)c2ncn(Cc3c(F)ccc(Cl)c3F)c2n1. The normalized spacial score (nSPS) is 11.3. The Morgan fingerprint density at radius 1 is 1.23 bits per heavy atom. The molecule has 2 heterocycles. The number of thioether (sulfide) groups is 1. The van der Waals surface area contributed by atoms with Crippen molar-refractivity contribution in [3.63, 3.8) is 0 Å². The molecule has 0 radical (unpaired) electrons. The van der Waals surface area contributed by atoms with Crippen LogP contribution in [0.2, 0.25) is 10.2 Å². The van der Waals surface area contributed by atoms with Gasteiger partial charge in [-0.25, -0.2) is 23.7 Å². The van der Waals surface area contributed by atoms with Crippen LogP contribution in [0.5, 0.6) is 0 Å². The third-order valence-electron chi connectivity index (χ3n) is 3.05. The molecule has 0 atom stereocenters. The van der Waals surface area contributed by atoms with Crippen molar-refractivity contribution < 1.29 is 8.78 Å². The zero-order chi connectivity index (χ0) is 15.9. The first-order valence-electron chi connectivity index (χ1n) is 6.06. The van der Waals surface area contributed by atoms with Crippen LogP contribution in [-0.4, -0.2) is 25.8 Å². The number of fused-ring (bicyclic) bond motifs is 1. The molecule has 3 rings (SSSR count). The van der Waals surface area contributed by atoms with Crippen molar-refractivity contribution in [1.29, 1.82) is 0 Å². The fourth-order valence-electron chi connectivity index (χ4n) is 1.98. The molecule has 9 heteroatoms. The summed E-state index contributed by atoms with van der Waals surface area (Å²) in [5.41, 5.74) is 0.623. The summed E-state index contributed by atoms with van der Waals surface area (Å²) in [4.78, 5) is 12.4. The van der Waals surface area contributed by atoms with Crippen molar-refractivity contribution in [3.8, 4) is 0 Å². The van der Waals surface area contributed by atoms with Crippen LogP contribution in [0.4, 0.5) is 8.78 Å². The van der Waals surface area contributed by atoms with Gasteiger partial charge in [0.05, 0.1) is 17.9 Å². The fourth-order valence-corrected chi connectivity index (χ4v) is 2.78. The summed E-state index contributed by atoms with van der Waals surface area (Å²) in [6, 6.07) is 2.29. The highest BCUT2D eigenvalue weighted by molar-refractivity contribution is 7.98. The van der Waals surface area contributed by atoms with E-state index in [1.807, 2.05) is 0 Å². The van der Waals surface area contributed by atoms with Gasteiger partial charge >= 0.3 is 0 Å². The number of imidazole rings is 1. The summed E-state index contributed by atoms with van der Waals surface area (Å²) in [5, 5.41) is 0.504. The summed E-state index contributed by atoms with van der Waals surface area (Å²) >= 11 is 13.0. The van der Waals surface area contributed by atoms with E-state index in [1.165, 1.54) is 28.7 Å². The molecule has 0 unspecified atom stereocenters. The van der Waals surface area contributed by atoms with Gasteiger partial charge < -0.3 is 4.57 Å². The average Bonchev–Trinajstić information content (AvgIpc) is 2.91. The van der Waals surface area contributed by atoms with E-state index in [1.54, 1.807) is 6.26 Å². The first-order valence-corrected chi connectivity index (χ1v) is 8.04. The Bertz CT molecular complexity index is 869. The van der Waals surface area contributed by atoms with Crippen LogP contribution >= 0.6 is 35.0 Å². The second-order valence-electron chi connectivity index (χ2n) is 4.37. The Morgan fingerprint density at radius 3 is 2.73 bits per heavy atom. The maximum atomic E-state index is 14.0. The lowest BCUT2D eigenvalue weighted by molar-refractivity contribution is 0.546. The molecule has 0 fully saturated rings. The number of hydrogen-bond acceptors (Lipinski definition) is 4. The van der Waals surface area contributed by atoms with Gasteiger partial charge in [0.1, 0.15) is 17.2 Å². The number of hydrogen-bond donors (Lipinski definition) is 0. The lowest BCUT2D eigenvalue weighted by Crippen LogP contribution is -2.05. The molecule has 0 aliphatic rings. The third kappa shape index (κ3) is 2.64. The van der Waals surface area contributed by atoms with Crippen molar-refractivity contribution in [3.05, 3.63) is 45.8 Å².